The van der Waals surface area contributed by atoms with E-state index in [0.29, 0.717) is 30.2 Å². The van der Waals surface area contributed by atoms with E-state index in [1.807, 2.05) is 30.3 Å². The zero-order valence-corrected chi connectivity index (χ0v) is 15.7. The van der Waals surface area contributed by atoms with Gasteiger partial charge in [-0.25, -0.2) is 4.98 Å². The van der Waals surface area contributed by atoms with Crippen LogP contribution in [0.15, 0.2) is 45.7 Å². The topological polar surface area (TPSA) is 101 Å². The number of aromatic nitrogens is 3. The van der Waals surface area contributed by atoms with Gasteiger partial charge in [-0.2, -0.15) is 0 Å². The van der Waals surface area contributed by atoms with E-state index in [0.717, 1.165) is 36.1 Å². The molecule has 1 aliphatic carbocycles. The van der Waals surface area contributed by atoms with Crippen LogP contribution >= 0.6 is 0 Å². The molecule has 0 spiro atoms. The van der Waals surface area contributed by atoms with Crippen LogP contribution in [0.3, 0.4) is 0 Å². The van der Waals surface area contributed by atoms with Gasteiger partial charge in [-0.15, -0.1) is 0 Å². The lowest BCUT2D eigenvalue weighted by atomic mass is 10.00. The Morgan fingerprint density at radius 1 is 1.25 bits per heavy atom. The van der Waals surface area contributed by atoms with E-state index in [9.17, 15) is 9.59 Å². The van der Waals surface area contributed by atoms with Gasteiger partial charge >= 0.3 is 0 Å². The van der Waals surface area contributed by atoms with Crippen LogP contribution in [-0.2, 0) is 12.8 Å². The van der Waals surface area contributed by atoms with Crippen LogP contribution in [0.1, 0.15) is 40.3 Å². The van der Waals surface area contributed by atoms with Gasteiger partial charge in [-0.05, 0) is 38.5 Å². The Bertz CT molecular complexity index is 1040. The fraction of sp³-hybridized carbons (Fsp3) is 0.333. The molecule has 0 saturated carbocycles. The quantitative estimate of drug-likeness (QED) is 0.680. The molecule has 2 N–H and O–H groups in total. The van der Waals surface area contributed by atoms with Crippen molar-refractivity contribution in [3.63, 3.8) is 0 Å². The summed E-state index contributed by atoms with van der Waals surface area (Å²) in [6.07, 6.45) is 3.09. The number of nitrogens with one attached hydrogen (secondary N) is 2. The van der Waals surface area contributed by atoms with Crippen LogP contribution in [-0.4, -0.2) is 27.6 Å². The first-order chi connectivity index (χ1) is 13.6. The predicted octanol–water partition coefficient (Wildman–Crippen LogP) is 2.66. The summed E-state index contributed by atoms with van der Waals surface area (Å²) in [5.74, 6) is 1.26. The number of nitrogens with zero attached hydrogens (tertiary/aromatic N) is 2. The van der Waals surface area contributed by atoms with E-state index < -0.39 is 0 Å². The lowest BCUT2D eigenvalue weighted by Crippen LogP contribution is -2.29. The monoisotopic (exact) mass is 378 g/mol. The van der Waals surface area contributed by atoms with E-state index in [2.05, 4.69) is 15.5 Å². The third kappa shape index (κ3) is 3.88. The summed E-state index contributed by atoms with van der Waals surface area (Å²) in [6.45, 7) is 2.29. The van der Waals surface area contributed by atoms with Gasteiger partial charge in [0.05, 0.1) is 5.69 Å². The lowest BCUT2D eigenvalue weighted by Gasteiger charge is -2.13. The van der Waals surface area contributed by atoms with Crippen LogP contribution in [0.5, 0.6) is 0 Å². The molecule has 3 aromatic rings. The average molecular weight is 378 g/mol. The highest BCUT2D eigenvalue weighted by atomic mass is 16.5. The minimum Gasteiger partial charge on any atom is -0.361 e. The first kappa shape index (κ1) is 18.2. The highest BCUT2D eigenvalue weighted by Gasteiger charge is 2.21. The molecule has 4 rings (SSSR count). The molecule has 0 bridgehead atoms. The number of fused-ring (bicyclic) bond motifs is 1. The number of rotatable bonds is 4. The van der Waals surface area contributed by atoms with Gasteiger partial charge < -0.3 is 14.8 Å². The number of benzene rings is 1. The molecule has 0 saturated heterocycles. The van der Waals surface area contributed by atoms with E-state index in [1.165, 1.54) is 0 Å². The van der Waals surface area contributed by atoms with Crippen molar-refractivity contribution in [2.24, 2.45) is 5.92 Å². The smallest absolute Gasteiger partial charge is 0.273 e. The highest BCUT2D eigenvalue weighted by molar-refractivity contribution is 5.92. The number of hydrogen-bond donors (Lipinski definition) is 2. The second-order valence-electron chi connectivity index (χ2n) is 7.18. The Hall–Kier alpha value is -3.22. The van der Waals surface area contributed by atoms with Gasteiger partial charge in [0.15, 0.2) is 5.69 Å². The molecule has 7 nitrogen and oxygen atoms in total. The maximum absolute atomic E-state index is 12.6. The molecule has 1 amide bonds. The standard InChI is InChI=1S/C21H22N4O3/c1-13-11-18(25-28-13)21(27)22-12-14-7-9-16-17(10-8-14)23-19(24-20(16)26)15-5-3-2-4-6-15/h2-6,11,14H,7-10,12H2,1H3,(H,22,27)(H,23,24,26). The van der Waals surface area contributed by atoms with Gasteiger partial charge in [-0.1, -0.05) is 35.5 Å². The molecule has 1 unspecified atom stereocenters. The molecule has 28 heavy (non-hydrogen) atoms. The second-order valence-corrected chi connectivity index (χ2v) is 7.18. The minimum absolute atomic E-state index is 0.0633. The molecule has 0 aliphatic heterocycles. The summed E-state index contributed by atoms with van der Waals surface area (Å²) < 4.78 is 4.94. The van der Waals surface area contributed by atoms with E-state index in [1.54, 1.807) is 13.0 Å². The van der Waals surface area contributed by atoms with Gasteiger partial charge in [0.1, 0.15) is 11.6 Å². The Morgan fingerprint density at radius 2 is 2.04 bits per heavy atom. The Morgan fingerprint density at radius 3 is 2.79 bits per heavy atom. The molecule has 0 radical (unpaired) electrons. The van der Waals surface area contributed by atoms with Crippen molar-refractivity contribution in [3.05, 3.63) is 69.5 Å². The summed E-state index contributed by atoms with van der Waals surface area (Å²) in [5, 5.41) is 6.66. The van der Waals surface area contributed by atoms with Crippen LogP contribution < -0.4 is 10.9 Å². The van der Waals surface area contributed by atoms with Crippen LogP contribution in [0.25, 0.3) is 11.4 Å². The SMILES string of the molecule is Cc1cc(C(=O)NCC2CCc3nc(-c4ccccc4)[nH]c(=O)c3CC2)no1. The molecule has 7 heteroatoms. The van der Waals surface area contributed by atoms with Crippen LogP contribution in [0.4, 0.5) is 0 Å². The lowest BCUT2D eigenvalue weighted by molar-refractivity contribution is 0.0936. The highest BCUT2D eigenvalue weighted by Crippen LogP contribution is 2.23. The first-order valence-corrected chi connectivity index (χ1v) is 9.49. The number of carbonyl (C=O) groups excluding carboxylic acids is 1. The summed E-state index contributed by atoms with van der Waals surface area (Å²) >= 11 is 0. The van der Waals surface area contributed by atoms with E-state index in [4.69, 9.17) is 9.51 Å². The van der Waals surface area contributed by atoms with Crippen LogP contribution in [0.2, 0.25) is 0 Å². The molecular formula is C21H22N4O3. The molecule has 1 aliphatic rings. The summed E-state index contributed by atoms with van der Waals surface area (Å²) in [7, 11) is 0. The summed E-state index contributed by atoms with van der Waals surface area (Å²) in [6, 6.07) is 11.3. The van der Waals surface area contributed by atoms with Crippen LogP contribution in [0, 0.1) is 12.8 Å². The Balaban J connectivity index is 1.44. The number of carbonyl (C=O) groups is 1. The number of aryl methyl sites for hydroxylation is 2. The fourth-order valence-electron chi connectivity index (χ4n) is 3.58. The molecule has 2 aromatic heterocycles. The number of H-pyrrole nitrogens is 1. The normalized spacial score (nSPS) is 16.2. The van der Waals surface area contributed by atoms with E-state index >= 15 is 0 Å². The molecule has 1 aromatic carbocycles. The maximum atomic E-state index is 12.6. The van der Waals surface area contributed by atoms with Crippen molar-refractivity contribution in [1.82, 2.24) is 20.4 Å². The molecule has 1 atom stereocenters. The van der Waals surface area contributed by atoms with Crippen molar-refractivity contribution in [3.8, 4) is 11.4 Å². The zero-order valence-electron chi connectivity index (χ0n) is 15.7. The van der Waals surface area contributed by atoms with Crippen molar-refractivity contribution >= 4 is 5.91 Å². The number of amides is 1. The first-order valence-electron chi connectivity index (χ1n) is 9.49. The minimum atomic E-state index is -0.235. The Labute approximate surface area is 162 Å². The summed E-state index contributed by atoms with van der Waals surface area (Å²) in [5.41, 5.74) is 2.76. The second kappa shape index (κ2) is 7.80. The van der Waals surface area contributed by atoms with E-state index in [-0.39, 0.29) is 17.4 Å². The van der Waals surface area contributed by atoms with Crippen molar-refractivity contribution in [2.45, 2.75) is 32.6 Å². The average Bonchev–Trinajstić information content (AvgIpc) is 3.03. The number of hydrogen-bond acceptors (Lipinski definition) is 5. The Kier molecular flexibility index (Phi) is 5.06. The van der Waals surface area contributed by atoms with Crippen molar-refractivity contribution < 1.29 is 9.32 Å². The van der Waals surface area contributed by atoms with Gasteiger partial charge in [-0.3, -0.25) is 9.59 Å². The van der Waals surface area contributed by atoms with Gasteiger partial charge in [0, 0.05) is 23.7 Å². The zero-order chi connectivity index (χ0) is 19.5. The molecule has 0 fully saturated rings. The number of aromatic amines is 1. The molecular weight excluding hydrogens is 356 g/mol. The van der Waals surface area contributed by atoms with Gasteiger partial charge in [0.2, 0.25) is 0 Å². The third-order valence-electron chi connectivity index (χ3n) is 5.15. The van der Waals surface area contributed by atoms with Gasteiger partial charge in [0.25, 0.3) is 11.5 Å². The maximum Gasteiger partial charge on any atom is 0.273 e. The predicted molar refractivity (Wildman–Crippen MR) is 104 cm³/mol. The summed E-state index contributed by atoms with van der Waals surface area (Å²) in [4.78, 5) is 32.4. The van der Waals surface area contributed by atoms with Crippen molar-refractivity contribution in [2.75, 3.05) is 6.54 Å². The molecule has 2 heterocycles. The van der Waals surface area contributed by atoms with Crippen molar-refractivity contribution in [1.29, 1.82) is 0 Å². The fourth-order valence-corrected chi connectivity index (χ4v) is 3.58. The third-order valence-corrected chi connectivity index (χ3v) is 5.15. The molecule has 144 valence electrons. The largest absolute Gasteiger partial charge is 0.361 e.